The lowest BCUT2D eigenvalue weighted by Gasteiger charge is -2.45. The summed E-state index contributed by atoms with van der Waals surface area (Å²) in [6, 6.07) is 0.675. The topological polar surface area (TPSA) is 24.5 Å². The van der Waals surface area contributed by atoms with Crippen LogP contribution in [0, 0.1) is 0 Å². The lowest BCUT2D eigenvalue weighted by Crippen LogP contribution is -2.54. The quantitative estimate of drug-likeness (QED) is 0.861. The van der Waals surface area contributed by atoms with E-state index in [4.69, 9.17) is 4.74 Å². The highest BCUT2D eigenvalue weighted by atomic mass is 16.5. The van der Waals surface area contributed by atoms with Crippen LogP contribution in [-0.4, -0.2) is 49.3 Å². The van der Waals surface area contributed by atoms with Gasteiger partial charge in [-0.1, -0.05) is 32.1 Å². The van der Waals surface area contributed by atoms with Gasteiger partial charge in [0.05, 0.1) is 5.60 Å². The third-order valence-electron chi connectivity index (χ3n) is 6.46. The van der Waals surface area contributed by atoms with Crippen LogP contribution in [0.2, 0.25) is 0 Å². The standard InChI is InChI=1S/C18H34N2O/c1-20(2)17(9-6-7-10-17)15-19-16-8-13-21-18(14-16)11-4-3-5-12-18/h16,19H,3-15H2,1-2H3. The Bertz CT molecular complexity index is 325. The van der Waals surface area contributed by atoms with Crippen LogP contribution in [0.4, 0.5) is 0 Å². The zero-order valence-corrected chi connectivity index (χ0v) is 14.1. The zero-order valence-electron chi connectivity index (χ0n) is 14.1. The van der Waals surface area contributed by atoms with E-state index in [1.807, 2.05) is 0 Å². The van der Waals surface area contributed by atoms with E-state index in [-0.39, 0.29) is 5.60 Å². The van der Waals surface area contributed by atoms with Gasteiger partial charge in [-0.15, -0.1) is 0 Å². The number of rotatable bonds is 4. The van der Waals surface area contributed by atoms with E-state index in [2.05, 4.69) is 24.3 Å². The molecule has 3 nitrogen and oxygen atoms in total. The van der Waals surface area contributed by atoms with Crippen LogP contribution in [0.15, 0.2) is 0 Å². The van der Waals surface area contributed by atoms with Crippen LogP contribution in [-0.2, 0) is 4.74 Å². The van der Waals surface area contributed by atoms with Crippen molar-refractivity contribution in [1.82, 2.24) is 10.2 Å². The Labute approximate surface area is 130 Å². The summed E-state index contributed by atoms with van der Waals surface area (Å²) in [5.74, 6) is 0. The van der Waals surface area contributed by atoms with Gasteiger partial charge in [-0.05, 0) is 52.6 Å². The van der Waals surface area contributed by atoms with Crippen LogP contribution in [0.1, 0.15) is 70.6 Å². The third kappa shape index (κ3) is 3.46. The van der Waals surface area contributed by atoms with Crippen molar-refractivity contribution in [2.24, 2.45) is 0 Å². The van der Waals surface area contributed by atoms with Gasteiger partial charge in [0.2, 0.25) is 0 Å². The Hall–Kier alpha value is -0.120. The second-order valence-electron chi connectivity index (χ2n) is 7.99. The van der Waals surface area contributed by atoms with Gasteiger partial charge in [0.25, 0.3) is 0 Å². The Balaban J connectivity index is 1.55. The minimum Gasteiger partial charge on any atom is -0.375 e. The maximum Gasteiger partial charge on any atom is 0.0697 e. The van der Waals surface area contributed by atoms with Crippen LogP contribution in [0.25, 0.3) is 0 Å². The van der Waals surface area contributed by atoms with Gasteiger partial charge in [0.15, 0.2) is 0 Å². The summed E-state index contributed by atoms with van der Waals surface area (Å²) in [6.45, 7) is 2.13. The molecule has 3 aliphatic rings. The van der Waals surface area contributed by atoms with Crippen molar-refractivity contribution < 1.29 is 4.74 Å². The molecule has 2 aliphatic carbocycles. The SMILES string of the molecule is CN(C)C1(CNC2CCOC3(CCCCC3)C2)CCCC1. The fourth-order valence-corrected chi connectivity index (χ4v) is 4.90. The smallest absolute Gasteiger partial charge is 0.0697 e. The molecule has 3 fully saturated rings. The highest BCUT2D eigenvalue weighted by Gasteiger charge is 2.40. The first-order valence-electron chi connectivity index (χ1n) is 9.19. The molecule has 3 heteroatoms. The van der Waals surface area contributed by atoms with Crippen molar-refractivity contribution in [3.63, 3.8) is 0 Å². The van der Waals surface area contributed by atoms with Gasteiger partial charge in [0.1, 0.15) is 0 Å². The van der Waals surface area contributed by atoms with Crippen molar-refractivity contribution in [3.05, 3.63) is 0 Å². The fraction of sp³-hybridized carbons (Fsp3) is 1.00. The number of hydrogen-bond donors (Lipinski definition) is 1. The summed E-state index contributed by atoms with van der Waals surface area (Å²) in [4.78, 5) is 2.47. The molecule has 0 aromatic heterocycles. The molecular formula is C18H34N2O. The first-order valence-corrected chi connectivity index (χ1v) is 9.19. The molecule has 0 aromatic rings. The van der Waals surface area contributed by atoms with E-state index in [0.717, 1.165) is 6.61 Å². The van der Waals surface area contributed by atoms with Crippen molar-refractivity contribution >= 4 is 0 Å². The van der Waals surface area contributed by atoms with E-state index in [0.29, 0.717) is 11.6 Å². The molecule has 0 radical (unpaired) electrons. The Morgan fingerprint density at radius 1 is 1.00 bits per heavy atom. The first kappa shape index (κ1) is 15.8. The lowest BCUT2D eigenvalue weighted by molar-refractivity contribution is -0.109. The van der Waals surface area contributed by atoms with E-state index in [1.54, 1.807) is 0 Å². The van der Waals surface area contributed by atoms with Gasteiger partial charge in [-0.2, -0.15) is 0 Å². The average Bonchev–Trinajstić information content (AvgIpc) is 2.96. The van der Waals surface area contributed by atoms with Crippen LogP contribution >= 0.6 is 0 Å². The summed E-state index contributed by atoms with van der Waals surface area (Å²) in [6.07, 6.45) is 14.7. The molecule has 3 rings (SSSR count). The zero-order chi connectivity index (χ0) is 14.8. The summed E-state index contributed by atoms with van der Waals surface area (Å²) in [5, 5.41) is 3.94. The van der Waals surface area contributed by atoms with Gasteiger partial charge in [-0.25, -0.2) is 0 Å². The fourth-order valence-electron chi connectivity index (χ4n) is 4.90. The molecule has 1 heterocycles. The predicted octanol–water partition coefficient (Wildman–Crippen LogP) is 3.33. The average molecular weight is 294 g/mol. The minimum absolute atomic E-state index is 0.231. The molecule has 122 valence electrons. The minimum atomic E-state index is 0.231. The molecule has 1 spiro atoms. The van der Waals surface area contributed by atoms with Gasteiger partial charge in [0, 0.05) is 24.7 Å². The van der Waals surface area contributed by atoms with Crippen molar-refractivity contribution in [1.29, 1.82) is 0 Å². The van der Waals surface area contributed by atoms with Crippen molar-refractivity contribution in [3.8, 4) is 0 Å². The largest absolute Gasteiger partial charge is 0.375 e. The van der Waals surface area contributed by atoms with Gasteiger partial charge in [-0.3, -0.25) is 0 Å². The lowest BCUT2D eigenvalue weighted by atomic mass is 9.78. The summed E-state index contributed by atoms with van der Waals surface area (Å²) in [7, 11) is 4.53. The van der Waals surface area contributed by atoms with Crippen LogP contribution in [0.3, 0.4) is 0 Å². The first-order chi connectivity index (χ1) is 10.1. The van der Waals surface area contributed by atoms with E-state index >= 15 is 0 Å². The molecular weight excluding hydrogens is 260 g/mol. The second kappa shape index (κ2) is 6.55. The molecule has 0 amide bonds. The number of nitrogens with zero attached hydrogens (tertiary/aromatic N) is 1. The number of hydrogen-bond acceptors (Lipinski definition) is 3. The summed E-state index contributed by atoms with van der Waals surface area (Å²) < 4.78 is 6.23. The van der Waals surface area contributed by atoms with Crippen molar-refractivity contribution in [2.45, 2.75) is 87.8 Å². The summed E-state index contributed by atoms with van der Waals surface area (Å²) >= 11 is 0. The molecule has 1 unspecified atom stereocenters. The van der Waals surface area contributed by atoms with E-state index in [1.165, 1.54) is 77.2 Å². The molecule has 0 bridgehead atoms. The monoisotopic (exact) mass is 294 g/mol. The second-order valence-corrected chi connectivity index (χ2v) is 7.99. The molecule has 21 heavy (non-hydrogen) atoms. The van der Waals surface area contributed by atoms with Crippen LogP contribution in [0.5, 0.6) is 0 Å². The summed E-state index contributed by atoms with van der Waals surface area (Å²) in [5.41, 5.74) is 0.646. The van der Waals surface area contributed by atoms with Gasteiger partial charge < -0.3 is 15.0 Å². The maximum absolute atomic E-state index is 6.23. The van der Waals surface area contributed by atoms with E-state index < -0.39 is 0 Å². The molecule has 1 N–H and O–H groups in total. The molecule has 1 aliphatic heterocycles. The number of likely N-dealkylation sites (N-methyl/N-ethyl adjacent to an activating group) is 1. The highest BCUT2D eigenvalue weighted by molar-refractivity contribution is 4.97. The Morgan fingerprint density at radius 3 is 2.33 bits per heavy atom. The Morgan fingerprint density at radius 2 is 1.67 bits per heavy atom. The predicted molar refractivity (Wildman–Crippen MR) is 87.7 cm³/mol. The normalized spacial score (nSPS) is 31.9. The molecule has 1 saturated heterocycles. The Kier molecular flexibility index (Phi) is 4.92. The van der Waals surface area contributed by atoms with E-state index in [9.17, 15) is 0 Å². The van der Waals surface area contributed by atoms with Crippen molar-refractivity contribution in [2.75, 3.05) is 27.2 Å². The molecule has 1 atom stereocenters. The van der Waals surface area contributed by atoms with Crippen LogP contribution < -0.4 is 5.32 Å². The maximum atomic E-state index is 6.23. The van der Waals surface area contributed by atoms with Gasteiger partial charge >= 0.3 is 0 Å². The molecule has 0 aromatic carbocycles. The molecule has 2 saturated carbocycles. The number of nitrogens with one attached hydrogen (secondary N) is 1. The third-order valence-corrected chi connectivity index (χ3v) is 6.46. The number of ether oxygens (including phenoxy) is 1. The highest BCUT2D eigenvalue weighted by Crippen LogP contribution is 2.39.